The summed E-state index contributed by atoms with van der Waals surface area (Å²) in [5, 5.41) is 4.61. The quantitative estimate of drug-likeness (QED) is 0.230. The molecule has 0 atom stereocenters. The number of benzene rings is 6. The Morgan fingerprint density at radius 1 is 0.341 bits per heavy atom. The first kappa shape index (κ1) is 23.3. The second-order valence-corrected chi connectivity index (χ2v) is 10.1. The molecule has 0 saturated carbocycles. The van der Waals surface area contributed by atoms with Crippen LogP contribution >= 0.6 is 0 Å². The lowest BCUT2D eigenvalue weighted by Crippen LogP contribution is -2.00. The SMILES string of the molecule is c1ccc(-c2nc(-c3ccccc3)nc(-c3ccc4c(c3)oc3cc(-c5ccc6ccccc6c5)ccc34)n2)cc1. The smallest absolute Gasteiger partial charge is 0.164 e. The van der Waals surface area contributed by atoms with E-state index in [1.165, 1.54) is 16.3 Å². The van der Waals surface area contributed by atoms with E-state index in [0.29, 0.717) is 17.5 Å². The van der Waals surface area contributed by atoms with Gasteiger partial charge in [0, 0.05) is 27.5 Å². The van der Waals surface area contributed by atoms with Crippen LogP contribution in [0.5, 0.6) is 0 Å². The summed E-state index contributed by atoms with van der Waals surface area (Å²) in [6.45, 7) is 0. The first-order chi connectivity index (χ1) is 20.3. The molecule has 192 valence electrons. The van der Waals surface area contributed by atoms with E-state index in [-0.39, 0.29) is 0 Å². The van der Waals surface area contributed by atoms with Crippen molar-refractivity contribution in [1.29, 1.82) is 0 Å². The lowest BCUT2D eigenvalue weighted by molar-refractivity contribution is 0.669. The van der Waals surface area contributed by atoms with Crippen LogP contribution in [-0.4, -0.2) is 15.0 Å². The molecule has 6 aromatic carbocycles. The number of hydrogen-bond donors (Lipinski definition) is 0. The van der Waals surface area contributed by atoms with Crippen LogP contribution in [0.2, 0.25) is 0 Å². The van der Waals surface area contributed by atoms with Crippen molar-refractivity contribution in [1.82, 2.24) is 15.0 Å². The zero-order valence-corrected chi connectivity index (χ0v) is 22.0. The number of furan rings is 1. The van der Waals surface area contributed by atoms with E-state index in [2.05, 4.69) is 72.8 Å². The number of rotatable bonds is 4. The van der Waals surface area contributed by atoms with Gasteiger partial charge < -0.3 is 4.42 Å². The topological polar surface area (TPSA) is 51.8 Å². The number of fused-ring (bicyclic) bond motifs is 4. The molecule has 0 unspecified atom stereocenters. The molecule has 2 heterocycles. The number of aromatic nitrogens is 3. The maximum Gasteiger partial charge on any atom is 0.164 e. The Hall–Kier alpha value is -5.61. The summed E-state index contributed by atoms with van der Waals surface area (Å²) in [5.74, 6) is 1.88. The molecule has 0 aliphatic heterocycles. The Balaban J connectivity index is 1.24. The fraction of sp³-hybridized carbons (Fsp3) is 0. The first-order valence-corrected chi connectivity index (χ1v) is 13.6. The molecular formula is C37H23N3O. The summed E-state index contributed by atoms with van der Waals surface area (Å²) in [5.41, 5.74) is 6.71. The summed E-state index contributed by atoms with van der Waals surface area (Å²) >= 11 is 0. The van der Waals surface area contributed by atoms with Gasteiger partial charge in [0.15, 0.2) is 17.5 Å². The van der Waals surface area contributed by atoms with Crippen LogP contribution in [0.4, 0.5) is 0 Å². The van der Waals surface area contributed by atoms with Gasteiger partial charge in [0.25, 0.3) is 0 Å². The van der Waals surface area contributed by atoms with Crippen LogP contribution < -0.4 is 0 Å². The van der Waals surface area contributed by atoms with Gasteiger partial charge in [0.2, 0.25) is 0 Å². The summed E-state index contributed by atoms with van der Waals surface area (Å²) in [7, 11) is 0. The fourth-order valence-corrected chi connectivity index (χ4v) is 5.40. The zero-order valence-electron chi connectivity index (χ0n) is 22.0. The van der Waals surface area contributed by atoms with Crippen molar-refractivity contribution in [2.24, 2.45) is 0 Å². The predicted octanol–water partition coefficient (Wildman–Crippen LogP) is 9.59. The monoisotopic (exact) mass is 525 g/mol. The van der Waals surface area contributed by atoms with E-state index >= 15 is 0 Å². The standard InChI is InChI=1S/C37H23N3O/c1-3-10-25(11-4-1)35-38-36(26-12-5-2-6-13-26)40-37(39-35)30-18-20-32-31-19-17-29(22-33(31)41-34(32)23-30)28-16-15-24-9-7-8-14-27(24)21-28/h1-23H. The highest BCUT2D eigenvalue weighted by Gasteiger charge is 2.15. The molecule has 0 bridgehead atoms. The Morgan fingerprint density at radius 2 is 0.805 bits per heavy atom. The van der Waals surface area contributed by atoms with Gasteiger partial charge in [-0.15, -0.1) is 0 Å². The highest BCUT2D eigenvalue weighted by molar-refractivity contribution is 6.07. The summed E-state index contributed by atoms with van der Waals surface area (Å²) in [4.78, 5) is 14.6. The Kier molecular flexibility index (Phi) is 5.42. The average molecular weight is 526 g/mol. The van der Waals surface area contributed by atoms with Crippen LogP contribution in [-0.2, 0) is 0 Å². The maximum atomic E-state index is 6.42. The molecule has 0 fully saturated rings. The number of hydrogen-bond acceptors (Lipinski definition) is 4. The van der Waals surface area contributed by atoms with Gasteiger partial charge in [-0.1, -0.05) is 109 Å². The molecule has 0 radical (unpaired) electrons. The highest BCUT2D eigenvalue weighted by Crippen LogP contribution is 2.35. The van der Waals surface area contributed by atoms with Crippen molar-refractivity contribution >= 4 is 32.7 Å². The van der Waals surface area contributed by atoms with E-state index in [1.807, 2.05) is 66.7 Å². The van der Waals surface area contributed by atoms with Gasteiger partial charge >= 0.3 is 0 Å². The highest BCUT2D eigenvalue weighted by atomic mass is 16.3. The normalized spacial score (nSPS) is 11.4. The van der Waals surface area contributed by atoms with Gasteiger partial charge in [-0.25, -0.2) is 15.0 Å². The van der Waals surface area contributed by atoms with Gasteiger partial charge in [0.05, 0.1) is 0 Å². The third kappa shape index (κ3) is 4.23. The van der Waals surface area contributed by atoms with Crippen LogP contribution in [0.15, 0.2) is 144 Å². The molecule has 2 aromatic heterocycles. The molecule has 8 aromatic rings. The van der Waals surface area contributed by atoms with Crippen LogP contribution in [0, 0.1) is 0 Å². The minimum absolute atomic E-state index is 0.608. The largest absolute Gasteiger partial charge is 0.456 e. The van der Waals surface area contributed by atoms with E-state index in [0.717, 1.165) is 44.2 Å². The molecule has 8 rings (SSSR count). The van der Waals surface area contributed by atoms with Crippen LogP contribution in [0.25, 0.3) is 78.0 Å². The summed E-state index contributed by atoms with van der Waals surface area (Å²) in [6, 6.07) is 47.6. The molecule has 0 amide bonds. The van der Waals surface area contributed by atoms with Gasteiger partial charge in [0.1, 0.15) is 11.2 Å². The second kappa shape index (κ2) is 9.54. The van der Waals surface area contributed by atoms with Crippen molar-refractivity contribution < 1.29 is 4.42 Å². The molecule has 0 aliphatic carbocycles. The lowest BCUT2D eigenvalue weighted by Gasteiger charge is -2.08. The van der Waals surface area contributed by atoms with Gasteiger partial charge in [-0.3, -0.25) is 0 Å². The Bertz CT molecular complexity index is 2140. The van der Waals surface area contributed by atoms with Crippen molar-refractivity contribution in [3.63, 3.8) is 0 Å². The predicted molar refractivity (Wildman–Crippen MR) is 166 cm³/mol. The van der Waals surface area contributed by atoms with Crippen molar-refractivity contribution in [2.75, 3.05) is 0 Å². The minimum Gasteiger partial charge on any atom is -0.456 e. The minimum atomic E-state index is 0.608. The van der Waals surface area contributed by atoms with Crippen LogP contribution in [0.3, 0.4) is 0 Å². The molecule has 0 aliphatic rings. The maximum absolute atomic E-state index is 6.42. The lowest BCUT2D eigenvalue weighted by atomic mass is 10.00. The summed E-state index contributed by atoms with van der Waals surface area (Å²) < 4.78 is 6.42. The van der Waals surface area contributed by atoms with E-state index in [9.17, 15) is 0 Å². The average Bonchev–Trinajstić information content (AvgIpc) is 3.42. The van der Waals surface area contributed by atoms with E-state index < -0.39 is 0 Å². The third-order valence-electron chi connectivity index (χ3n) is 7.51. The molecule has 4 heteroatoms. The molecule has 4 nitrogen and oxygen atoms in total. The molecule has 41 heavy (non-hydrogen) atoms. The molecule has 0 spiro atoms. The van der Waals surface area contributed by atoms with Crippen molar-refractivity contribution in [2.45, 2.75) is 0 Å². The number of nitrogens with zero attached hydrogens (tertiary/aromatic N) is 3. The molecule has 0 N–H and O–H groups in total. The Morgan fingerprint density at radius 3 is 1.44 bits per heavy atom. The molecule has 0 saturated heterocycles. The van der Waals surface area contributed by atoms with Crippen LogP contribution in [0.1, 0.15) is 0 Å². The third-order valence-corrected chi connectivity index (χ3v) is 7.51. The van der Waals surface area contributed by atoms with E-state index in [1.54, 1.807) is 0 Å². The Labute approximate surface area is 236 Å². The van der Waals surface area contributed by atoms with Crippen molar-refractivity contribution in [3.05, 3.63) is 140 Å². The first-order valence-electron chi connectivity index (χ1n) is 13.6. The van der Waals surface area contributed by atoms with Crippen molar-refractivity contribution in [3.8, 4) is 45.3 Å². The summed E-state index contributed by atoms with van der Waals surface area (Å²) in [6.07, 6.45) is 0. The van der Waals surface area contributed by atoms with E-state index in [4.69, 9.17) is 19.4 Å². The zero-order chi connectivity index (χ0) is 27.2. The van der Waals surface area contributed by atoms with Gasteiger partial charge in [-0.2, -0.15) is 0 Å². The second-order valence-electron chi connectivity index (χ2n) is 10.1. The fourth-order valence-electron chi connectivity index (χ4n) is 5.40. The van der Waals surface area contributed by atoms with Gasteiger partial charge in [-0.05, 0) is 52.2 Å². The molecular weight excluding hydrogens is 502 g/mol.